The summed E-state index contributed by atoms with van der Waals surface area (Å²) in [5.74, 6) is -0.435. The summed E-state index contributed by atoms with van der Waals surface area (Å²) in [4.78, 5) is 11.6. The second-order valence-electron chi connectivity index (χ2n) is 3.65. The van der Waals surface area contributed by atoms with Crippen molar-refractivity contribution >= 4 is 15.9 Å². The quantitative estimate of drug-likeness (QED) is 0.608. The highest BCUT2D eigenvalue weighted by Crippen LogP contribution is 2.11. The highest BCUT2D eigenvalue weighted by Gasteiger charge is 2.15. The van der Waals surface area contributed by atoms with Crippen LogP contribution < -0.4 is 10.0 Å². The second kappa shape index (κ2) is 7.03. The fourth-order valence-corrected chi connectivity index (χ4v) is 2.37. The van der Waals surface area contributed by atoms with E-state index in [1.807, 2.05) is 0 Å². The third kappa shape index (κ3) is 4.47. The van der Waals surface area contributed by atoms with Gasteiger partial charge in [0.15, 0.2) is 0 Å². The van der Waals surface area contributed by atoms with Gasteiger partial charge in [-0.3, -0.25) is 4.79 Å². The average molecular weight is 284 g/mol. The van der Waals surface area contributed by atoms with E-state index in [1.54, 1.807) is 0 Å². The van der Waals surface area contributed by atoms with Crippen molar-refractivity contribution in [1.29, 1.82) is 0 Å². The number of nitrogens with one attached hydrogen (secondary N) is 2. The summed E-state index contributed by atoms with van der Waals surface area (Å²) in [6.07, 6.45) is 1.43. The summed E-state index contributed by atoms with van der Waals surface area (Å²) in [5, 5.41) is 11.1. The van der Waals surface area contributed by atoms with Crippen LogP contribution in [0.1, 0.15) is 10.4 Å². The van der Waals surface area contributed by atoms with Gasteiger partial charge in [0.25, 0.3) is 5.91 Å². The van der Waals surface area contributed by atoms with Gasteiger partial charge in [-0.1, -0.05) is 12.1 Å². The van der Waals surface area contributed by atoms with Crippen molar-refractivity contribution in [2.45, 2.75) is 4.90 Å². The molecular weight excluding hydrogens is 268 g/mol. The van der Waals surface area contributed by atoms with Gasteiger partial charge >= 0.3 is 0 Å². The van der Waals surface area contributed by atoms with Gasteiger partial charge in [0, 0.05) is 18.7 Å². The van der Waals surface area contributed by atoms with Gasteiger partial charge in [-0.25, -0.2) is 13.1 Å². The molecule has 0 fully saturated rings. The van der Waals surface area contributed by atoms with Gasteiger partial charge in [0.1, 0.15) is 0 Å². The fraction of sp³-hybridized carbons (Fsp3) is 0.250. The molecule has 6 nitrogen and oxygen atoms in total. The van der Waals surface area contributed by atoms with Crippen LogP contribution in [-0.4, -0.2) is 39.1 Å². The molecule has 0 heterocycles. The number of aliphatic hydroxyl groups excluding tert-OH is 1. The number of rotatable bonds is 7. The van der Waals surface area contributed by atoms with Gasteiger partial charge in [-0.2, -0.15) is 0 Å². The first-order valence-corrected chi connectivity index (χ1v) is 7.09. The number of carbonyl (C=O) groups is 1. The number of sulfonamides is 1. The molecule has 1 rings (SSSR count). The molecule has 0 radical (unpaired) electrons. The minimum absolute atomic E-state index is 0.00555. The Morgan fingerprint density at radius 2 is 2.16 bits per heavy atom. The van der Waals surface area contributed by atoms with Crippen molar-refractivity contribution in [2.75, 3.05) is 19.7 Å². The van der Waals surface area contributed by atoms with E-state index in [0.717, 1.165) is 0 Å². The highest BCUT2D eigenvalue weighted by atomic mass is 32.2. The molecule has 0 aliphatic carbocycles. The van der Waals surface area contributed by atoms with Gasteiger partial charge in [0.2, 0.25) is 10.0 Å². The van der Waals surface area contributed by atoms with Crippen molar-refractivity contribution in [3.8, 4) is 0 Å². The molecule has 0 bridgehead atoms. The maximum Gasteiger partial charge on any atom is 0.251 e. The number of carbonyl (C=O) groups excluding carboxylic acids is 1. The largest absolute Gasteiger partial charge is 0.395 e. The summed E-state index contributed by atoms with van der Waals surface area (Å²) in [5.41, 5.74) is 0.218. The molecular formula is C12H16N2O4S. The van der Waals surface area contributed by atoms with E-state index in [1.165, 1.54) is 30.3 Å². The number of hydrogen-bond donors (Lipinski definition) is 3. The normalized spacial score (nSPS) is 11.0. The monoisotopic (exact) mass is 284 g/mol. The van der Waals surface area contributed by atoms with E-state index < -0.39 is 15.9 Å². The predicted molar refractivity (Wildman–Crippen MR) is 71.2 cm³/mol. The van der Waals surface area contributed by atoms with Crippen molar-refractivity contribution in [1.82, 2.24) is 10.0 Å². The molecule has 0 unspecified atom stereocenters. The Morgan fingerprint density at radius 3 is 2.79 bits per heavy atom. The lowest BCUT2D eigenvalue weighted by molar-refractivity contribution is 0.0944. The topological polar surface area (TPSA) is 95.5 Å². The molecule has 0 saturated carbocycles. The summed E-state index contributed by atoms with van der Waals surface area (Å²) in [6.45, 7) is 3.48. The van der Waals surface area contributed by atoms with E-state index in [-0.39, 0.29) is 30.2 Å². The molecule has 19 heavy (non-hydrogen) atoms. The third-order valence-electron chi connectivity index (χ3n) is 2.22. The maximum absolute atomic E-state index is 11.8. The smallest absolute Gasteiger partial charge is 0.251 e. The first-order valence-electron chi connectivity index (χ1n) is 5.61. The first kappa shape index (κ1) is 15.4. The molecule has 0 aliphatic rings. The van der Waals surface area contributed by atoms with E-state index >= 15 is 0 Å². The Kier molecular flexibility index (Phi) is 5.68. The Balaban J connectivity index is 2.93. The lowest BCUT2D eigenvalue weighted by Gasteiger charge is -2.07. The molecule has 0 aliphatic heterocycles. The van der Waals surface area contributed by atoms with Crippen LogP contribution in [0.3, 0.4) is 0 Å². The fourth-order valence-electron chi connectivity index (χ4n) is 1.33. The Bertz CT molecular complexity index is 555. The van der Waals surface area contributed by atoms with Crippen LogP contribution in [-0.2, 0) is 10.0 Å². The lowest BCUT2D eigenvalue weighted by Crippen LogP contribution is -2.27. The molecule has 7 heteroatoms. The van der Waals surface area contributed by atoms with Crippen LogP contribution in [0, 0.1) is 0 Å². The summed E-state index contributed by atoms with van der Waals surface area (Å²) >= 11 is 0. The number of hydrogen-bond acceptors (Lipinski definition) is 4. The van der Waals surface area contributed by atoms with Crippen LogP contribution in [0.15, 0.2) is 41.8 Å². The standard InChI is InChI=1S/C12H16N2O4S/c1-2-6-14-19(17,18)11-5-3-4-10(9-11)12(16)13-7-8-15/h2-5,9,14-15H,1,6-8H2,(H,13,16). The Labute approximate surface area is 112 Å². The van der Waals surface area contributed by atoms with Gasteiger partial charge in [0.05, 0.1) is 11.5 Å². The lowest BCUT2D eigenvalue weighted by atomic mass is 10.2. The van der Waals surface area contributed by atoms with Crippen molar-refractivity contribution in [3.05, 3.63) is 42.5 Å². The van der Waals surface area contributed by atoms with Gasteiger partial charge in [-0.05, 0) is 18.2 Å². The van der Waals surface area contributed by atoms with Gasteiger partial charge < -0.3 is 10.4 Å². The van der Waals surface area contributed by atoms with Crippen molar-refractivity contribution < 1.29 is 18.3 Å². The molecule has 104 valence electrons. The van der Waals surface area contributed by atoms with Crippen LogP contribution in [0.25, 0.3) is 0 Å². The summed E-state index contributed by atoms with van der Waals surface area (Å²) in [7, 11) is -3.65. The van der Waals surface area contributed by atoms with E-state index in [0.29, 0.717) is 0 Å². The SMILES string of the molecule is C=CCNS(=O)(=O)c1cccc(C(=O)NCCO)c1. The zero-order valence-corrected chi connectivity index (χ0v) is 11.1. The van der Waals surface area contributed by atoms with Crippen LogP contribution in [0.2, 0.25) is 0 Å². The van der Waals surface area contributed by atoms with Crippen molar-refractivity contribution in [2.24, 2.45) is 0 Å². The molecule has 0 saturated heterocycles. The second-order valence-corrected chi connectivity index (χ2v) is 5.41. The zero-order valence-electron chi connectivity index (χ0n) is 10.3. The summed E-state index contributed by atoms with van der Waals surface area (Å²) < 4.78 is 26.0. The van der Waals surface area contributed by atoms with Crippen LogP contribution >= 0.6 is 0 Å². The molecule has 0 aromatic heterocycles. The van der Waals surface area contributed by atoms with Crippen LogP contribution in [0.5, 0.6) is 0 Å². The molecule has 1 amide bonds. The molecule has 1 aromatic rings. The van der Waals surface area contributed by atoms with E-state index in [9.17, 15) is 13.2 Å². The molecule has 3 N–H and O–H groups in total. The zero-order chi connectivity index (χ0) is 14.3. The average Bonchev–Trinajstić information content (AvgIpc) is 2.42. The van der Waals surface area contributed by atoms with E-state index in [4.69, 9.17) is 5.11 Å². The van der Waals surface area contributed by atoms with Crippen LogP contribution in [0.4, 0.5) is 0 Å². The molecule has 0 spiro atoms. The predicted octanol–water partition coefficient (Wildman–Crippen LogP) is -0.127. The minimum atomic E-state index is -3.65. The van der Waals surface area contributed by atoms with Gasteiger partial charge in [-0.15, -0.1) is 6.58 Å². The number of benzene rings is 1. The summed E-state index contributed by atoms with van der Waals surface area (Å²) in [6, 6.07) is 5.65. The molecule has 1 aromatic carbocycles. The first-order chi connectivity index (χ1) is 9.01. The number of amides is 1. The maximum atomic E-state index is 11.8. The Hall–Kier alpha value is -1.70. The Morgan fingerprint density at radius 1 is 1.42 bits per heavy atom. The minimum Gasteiger partial charge on any atom is -0.395 e. The third-order valence-corrected chi connectivity index (χ3v) is 3.64. The number of aliphatic hydroxyl groups is 1. The highest BCUT2D eigenvalue weighted by molar-refractivity contribution is 7.89. The van der Waals surface area contributed by atoms with Crippen molar-refractivity contribution in [3.63, 3.8) is 0 Å². The molecule has 0 atom stereocenters. The van der Waals surface area contributed by atoms with E-state index in [2.05, 4.69) is 16.6 Å².